The van der Waals surface area contributed by atoms with E-state index in [9.17, 15) is 0 Å². The summed E-state index contributed by atoms with van der Waals surface area (Å²) in [6, 6.07) is 14.5. The number of aromatic nitrogens is 1. The van der Waals surface area contributed by atoms with E-state index in [2.05, 4.69) is 22.4 Å². The normalized spacial score (nSPS) is 19.4. The molecule has 1 unspecified atom stereocenters. The Bertz CT molecular complexity index is 732. The predicted molar refractivity (Wildman–Crippen MR) is 83.2 cm³/mol. The van der Waals surface area contributed by atoms with Gasteiger partial charge in [-0.05, 0) is 37.1 Å². The van der Waals surface area contributed by atoms with E-state index >= 15 is 0 Å². The van der Waals surface area contributed by atoms with Crippen LogP contribution in [0.1, 0.15) is 18.4 Å². The first-order chi connectivity index (χ1) is 10.3. The van der Waals surface area contributed by atoms with E-state index in [1.165, 1.54) is 18.5 Å². The number of hydrogen-bond acceptors (Lipinski definition) is 4. The van der Waals surface area contributed by atoms with Gasteiger partial charge in [-0.15, -0.1) is 0 Å². The van der Waals surface area contributed by atoms with Crippen molar-refractivity contribution in [2.24, 2.45) is 0 Å². The molecule has 21 heavy (non-hydrogen) atoms. The number of nitrogens with zero attached hydrogens (tertiary/aromatic N) is 3. The molecular weight excluding hydrogens is 260 g/mol. The summed E-state index contributed by atoms with van der Waals surface area (Å²) >= 11 is 0. The van der Waals surface area contributed by atoms with Crippen LogP contribution < -0.4 is 10.2 Å². The standard InChI is InChI=1S/C17H16N4/c18-10-12-3-1-4-13(9-12)15-6-7-16-17(20-15)19-14-5-2-8-21(16)11-14/h1,3-4,6-7,9,14H,2,5,8,11H2,(H,19,20). The summed E-state index contributed by atoms with van der Waals surface area (Å²) in [6.45, 7) is 2.20. The smallest absolute Gasteiger partial charge is 0.150 e. The Morgan fingerprint density at radius 2 is 2.24 bits per heavy atom. The van der Waals surface area contributed by atoms with Crippen molar-refractivity contribution in [2.75, 3.05) is 23.3 Å². The van der Waals surface area contributed by atoms with Gasteiger partial charge in [-0.1, -0.05) is 12.1 Å². The Balaban J connectivity index is 1.75. The van der Waals surface area contributed by atoms with Crippen LogP contribution in [0.15, 0.2) is 36.4 Å². The van der Waals surface area contributed by atoms with E-state index in [0.29, 0.717) is 11.6 Å². The SMILES string of the molecule is N#Cc1cccc(-c2ccc3c(n2)NC2CCCN3C2)c1. The molecule has 1 fully saturated rings. The molecule has 1 saturated heterocycles. The zero-order valence-electron chi connectivity index (χ0n) is 11.7. The average molecular weight is 276 g/mol. The Hall–Kier alpha value is -2.54. The van der Waals surface area contributed by atoms with Crippen molar-refractivity contribution in [1.29, 1.82) is 5.26 Å². The summed E-state index contributed by atoms with van der Waals surface area (Å²) < 4.78 is 0. The summed E-state index contributed by atoms with van der Waals surface area (Å²) in [5.41, 5.74) is 3.77. The van der Waals surface area contributed by atoms with Gasteiger partial charge in [0.05, 0.1) is 23.0 Å². The molecule has 104 valence electrons. The zero-order valence-corrected chi connectivity index (χ0v) is 11.7. The molecule has 2 aliphatic heterocycles. The lowest BCUT2D eigenvalue weighted by Crippen LogP contribution is -2.46. The summed E-state index contributed by atoms with van der Waals surface area (Å²) in [7, 11) is 0. The maximum absolute atomic E-state index is 9.02. The fraction of sp³-hybridized carbons (Fsp3) is 0.294. The first kappa shape index (κ1) is 12.2. The second kappa shape index (κ2) is 4.78. The molecule has 2 bridgehead atoms. The molecule has 1 aromatic carbocycles. The lowest BCUT2D eigenvalue weighted by molar-refractivity contribution is 0.516. The van der Waals surface area contributed by atoms with E-state index < -0.39 is 0 Å². The van der Waals surface area contributed by atoms with E-state index in [1.807, 2.05) is 30.3 Å². The number of nitrogens with one attached hydrogen (secondary N) is 1. The molecule has 4 nitrogen and oxygen atoms in total. The molecule has 0 saturated carbocycles. The Labute approximate surface area is 124 Å². The van der Waals surface area contributed by atoms with E-state index in [4.69, 9.17) is 10.2 Å². The van der Waals surface area contributed by atoms with Gasteiger partial charge in [0.15, 0.2) is 5.82 Å². The number of anilines is 2. The quantitative estimate of drug-likeness (QED) is 0.870. The molecule has 0 aliphatic carbocycles. The van der Waals surface area contributed by atoms with Crippen molar-refractivity contribution >= 4 is 11.5 Å². The predicted octanol–water partition coefficient (Wildman–Crippen LogP) is 3.01. The van der Waals surface area contributed by atoms with Gasteiger partial charge in [0.2, 0.25) is 0 Å². The zero-order chi connectivity index (χ0) is 14.2. The van der Waals surface area contributed by atoms with Crippen LogP contribution in [0.5, 0.6) is 0 Å². The van der Waals surface area contributed by atoms with Crippen LogP contribution in [0, 0.1) is 11.3 Å². The van der Waals surface area contributed by atoms with Gasteiger partial charge in [-0.2, -0.15) is 5.26 Å². The van der Waals surface area contributed by atoms with Crippen LogP contribution in [0.2, 0.25) is 0 Å². The third-order valence-corrected chi connectivity index (χ3v) is 4.26. The van der Waals surface area contributed by atoms with Gasteiger partial charge in [0.25, 0.3) is 0 Å². The van der Waals surface area contributed by atoms with Crippen LogP contribution in [0.3, 0.4) is 0 Å². The molecule has 1 N–H and O–H groups in total. The van der Waals surface area contributed by atoms with Crippen molar-refractivity contribution in [3.63, 3.8) is 0 Å². The summed E-state index contributed by atoms with van der Waals surface area (Å²) in [5.74, 6) is 0.978. The number of nitriles is 1. The minimum Gasteiger partial charge on any atom is -0.366 e. The highest BCUT2D eigenvalue weighted by Gasteiger charge is 2.28. The molecule has 1 aromatic heterocycles. The molecule has 1 atom stereocenters. The Morgan fingerprint density at radius 3 is 3.14 bits per heavy atom. The largest absolute Gasteiger partial charge is 0.366 e. The van der Waals surface area contributed by atoms with Gasteiger partial charge >= 0.3 is 0 Å². The van der Waals surface area contributed by atoms with E-state index in [1.54, 1.807) is 0 Å². The van der Waals surface area contributed by atoms with Crippen molar-refractivity contribution < 1.29 is 0 Å². The number of rotatable bonds is 1. The second-order valence-electron chi connectivity index (χ2n) is 5.69. The molecule has 2 aliphatic rings. The van der Waals surface area contributed by atoms with Crippen molar-refractivity contribution in [1.82, 2.24) is 4.98 Å². The van der Waals surface area contributed by atoms with Crippen LogP contribution in [-0.2, 0) is 0 Å². The summed E-state index contributed by atoms with van der Waals surface area (Å²) in [6.07, 6.45) is 2.45. The maximum atomic E-state index is 9.02. The monoisotopic (exact) mass is 276 g/mol. The number of hydrogen-bond donors (Lipinski definition) is 1. The number of fused-ring (bicyclic) bond motifs is 4. The summed E-state index contributed by atoms with van der Waals surface area (Å²) in [5, 5.41) is 12.6. The first-order valence-electron chi connectivity index (χ1n) is 7.36. The van der Waals surface area contributed by atoms with Gasteiger partial charge in [0, 0.05) is 24.7 Å². The van der Waals surface area contributed by atoms with E-state index in [-0.39, 0.29) is 0 Å². The highest BCUT2D eigenvalue weighted by atomic mass is 15.2. The van der Waals surface area contributed by atoms with Crippen LogP contribution in [0.25, 0.3) is 11.3 Å². The van der Waals surface area contributed by atoms with Crippen LogP contribution in [0.4, 0.5) is 11.5 Å². The fourth-order valence-electron chi connectivity index (χ4n) is 3.23. The first-order valence-corrected chi connectivity index (χ1v) is 7.36. The molecule has 4 heteroatoms. The Kier molecular flexibility index (Phi) is 2.78. The highest BCUT2D eigenvalue weighted by Crippen LogP contribution is 2.35. The molecule has 4 rings (SSSR count). The maximum Gasteiger partial charge on any atom is 0.150 e. The van der Waals surface area contributed by atoms with Gasteiger partial charge in [0.1, 0.15) is 0 Å². The molecule has 0 spiro atoms. The van der Waals surface area contributed by atoms with Crippen molar-refractivity contribution in [3.8, 4) is 17.3 Å². The van der Waals surface area contributed by atoms with E-state index in [0.717, 1.165) is 30.2 Å². The lowest BCUT2D eigenvalue weighted by Gasteiger charge is -2.40. The number of pyridine rings is 1. The summed E-state index contributed by atoms with van der Waals surface area (Å²) in [4.78, 5) is 7.20. The average Bonchev–Trinajstić information content (AvgIpc) is 2.54. The van der Waals surface area contributed by atoms with Gasteiger partial charge in [-0.25, -0.2) is 4.98 Å². The van der Waals surface area contributed by atoms with Crippen LogP contribution >= 0.6 is 0 Å². The van der Waals surface area contributed by atoms with Gasteiger partial charge in [-0.3, -0.25) is 0 Å². The third kappa shape index (κ3) is 2.11. The highest BCUT2D eigenvalue weighted by molar-refractivity contribution is 5.74. The van der Waals surface area contributed by atoms with Crippen molar-refractivity contribution in [2.45, 2.75) is 18.9 Å². The minimum atomic E-state index is 0.513. The minimum absolute atomic E-state index is 0.513. The topological polar surface area (TPSA) is 52.0 Å². The van der Waals surface area contributed by atoms with Gasteiger partial charge < -0.3 is 10.2 Å². The lowest BCUT2D eigenvalue weighted by atomic mass is 10.0. The number of benzene rings is 1. The third-order valence-electron chi connectivity index (χ3n) is 4.26. The fourth-order valence-corrected chi connectivity index (χ4v) is 3.23. The molecule has 3 heterocycles. The molecule has 0 radical (unpaired) electrons. The van der Waals surface area contributed by atoms with Crippen molar-refractivity contribution in [3.05, 3.63) is 42.0 Å². The second-order valence-corrected chi connectivity index (χ2v) is 5.69. The van der Waals surface area contributed by atoms with Crippen LogP contribution in [-0.4, -0.2) is 24.1 Å². The molecular formula is C17H16N4. The number of piperidine rings is 1. The Morgan fingerprint density at radius 1 is 1.29 bits per heavy atom. The molecule has 2 aromatic rings. The molecule has 0 amide bonds.